The second-order valence-electron chi connectivity index (χ2n) is 4.05. The van der Waals surface area contributed by atoms with Gasteiger partial charge in [-0.05, 0) is 19.4 Å². The molecule has 0 fully saturated rings. The molecule has 1 rings (SSSR count). The summed E-state index contributed by atoms with van der Waals surface area (Å²) in [6.45, 7) is 6.19. The topological polar surface area (TPSA) is 57.3 Å². The first kappa shape index (κ1) is 14.3. The molecule has 0 radical (unpaired) electrons. The van der Waals surface area contributed by atoms with Crippen molar-refractivity contribution in [1.82, 2.24) is 10.3 Å². The maximum absolute atomic E-state index is 11.4. The second-order valence-corrected chi connectivity index (χ2v) is 4.05. The number of pyridine rings is 1. The molecule has 1 aromatic rings. The van der Waals surface area contributed by atoms with E-state index in [1.165, 1.54) is 0 Å². The molecule has 1 aromatic heterocycles. The summed E-state index contributed by atoms with van der Waals surface area (Å²) in [7, 11) is 1.65. The van der Waals surface area contributed by atoms with E-state index in [9.17, 15) is 4.79 Å². The minimum absolute atomic E-state index is 0.00349. The summed E-state index contributed by atoms with van der Waals surface area (Å²) in [4.78, 5) is 17.6. The lowest BCUT2D eigenvalue weighted by Crippen LogP contribution is -2.35. The molecule has 0 aliphatic carbocycles. The van der Waals surface area contributed by atoms with E-state index >= 15 is 0 Å². The van der Waals surface area contributed by atoms with Gasteiger partial charge < -0.3 is 15.5 Å². The number of carbonyl (C=O) groups excluding carboxylic acids is 1. The van der Waals surface area contributed by atoms with Gasteiger partial charge in [0.2, 0.25) is 5.91 Å². The zero-order valence-corrected chi connectivity index (χ0v) is 11.4. The Morgan fingerprint density at radius 1 is 1.39 bits per heavy atom. The standard InChI is InChI=1S/C13H22N4O/c1-4-6-16-11-7-12(9-15-8-11)17(5-2)10-13(18)14-3/h7-9,16H,4-6,10H2,1-3H3,(H,14,18). The molecular formula is C13H22N4O. The number of nitrogens with zero attached hydrogens (tertiary/aromatic N) is 2. The lowest BCUT2D eigenvalue weighted by Gasteiger charge is -2.22. The fourth-order valence-electron chi connectivity index (χ4n) is 1.60. The molecule has 0 aliphatic heterocycles. The Balaban J connectivity index is 2.75. The number of amides is 1. The van der Waals surface area contributed by atoms with Crippen LogP contribution in [0.15, 0.2) is 18.5 Å². The average molecular weight is 250 g/mol. The van der Waals surface area contributed by atoms with Gasteiger partial charge in [0.25, 0.3) is 0 Å². The van der Waals surface area contributed by atoms with Crippen LogP contribution in [0.2, 0.25) is 0 Å². The molecule has 2 N–H and O–H groups in total. The average Bonchev–Trinajstić information content (AvgIpc) is 2.42. The predicted molar refractivity (Wildman–Crippen MR) is 75.0 cm³/mol. The Morgan fingerprint density at radius 2 is 2.17 bits per heavy atom. The number of hydrogen-bond donors (Lipinski definition) is 2. The van der Waals surface area contributed by atoms with Gasteiger partial charge in [0, 0.05) is 20.1 Å². The number of likely N-dealkylation sites (N-methyl/N-ethyl adjacent to an activating group) is 2. The van der Waals surface area contributed by atoms with Gasteiger partial charge in [-0.25, -0.2) is 0 Å². The molecule has 5 heteroatoms. The Morgan fingerprint density at radius 3 is 2.78 bits per heavy atom. The van der Waals surface area contributed by atoms with Crippen LogP contribution in [0.5, 0.6) is 0 Å². The van der Waals surface area contributed by atoms with E-state index in [1.54, 1.807) is 19.4 Å². The first-order valence-electron chi connectivity index (χ1n) is 6.35. The molecule has 18 heavy (non-hydrogen) atoms. The van der Waals surface area contributed by atoms with Crippen molar-refractivity contribution in [2.75, 3.05) is 36.9 Å². The number of nitrogens with one attached hydrogen (secondary N) is 2. The van der Waals surface area contributed by atoms with Gasteiger partial charge in [-0.1, -0.05) is 6.92 Å². The van der Waals surface area contributed by atoms with Crippen molar-refractivity contribution in [2.45, 2.75) is 20.3 Å². The minimum atomic E-state index is 0.00349. The van der Waals surface area contributed by atoms with Crippen molar-refractivity contribution in [3.63, 3.8) is 0 Å². The Labute approximate surface area is 109 Å². The summed E-state index contributed by atoms with van der Waals surface area (Å²) in [6, 6.07) is 2.02. The number of hydrogen-bond acceptors (Lipinski definition) is 4. The van der Waals surface area contributed by atoms with Crippen molar-refractivity contribution in [3.8, 4) is 0 Å². The van der Waals surface area contributed by atoms with Gasteiger partial charge in [0.05, 0.1) is 30.3 Å². The van der Waals surface area contributed by atoms with Gasteiger partial charge in [0.15, 0.2) is 0 Å². The molecule has 0 aromatic carbocycles. The van der Waals surface area contributed by atoms with Crippen molar-refractivity contribution >= 4 is 17.3 Å². The predicted octanol–water partition coefficient (Wildman–Crippen LogP) is 1.48. The van der Waals surface area contributed by atoms with E-state index in [-0.39, 0.29) is 5.91 Å². The van der Waals surface area contributed by atoms with Crippen LogP contribution in [-0.4, -0.2) is 37.6 Å². The normalized spacial score (nSPS) is 9.94. The molecule has 1 heterocycles. The Bertz CT molecular complexity index is 381. The fourth-order valence-corrected chi connectivity index (χ4v) is 1.60. The maximum Gasteiger partial charge on any atom is 0.239 e. The minimum Gasteiger partial charge on any atom is -0.384 e. The van der Waals surface area contributed by atoms with E-state index in [2.05, 4.69) is 22.5 Å². The van der Waals surface area contributed by atoms with Gasteiger partial charge in [-0.3, -0.25) is 9.78 Å². The van der Waals surface area contributed by atoms with E-state index in [0.717, 1.165) is 30.9 Å². The van der Waals surface area contributed by atoms with E-state index < -0.39 is 0 Å². The summed E-state index contributed by atoms with van der Waals surface area (Å²) in [5, 5.41) is 5.92. The summed E-state index contributed by atoms with van der Waals surface area (Å²) < 4.78 is 0. The molecule has 100 valence electrons. The summed E-state index contributed by atoms with van der Waals surface area (Å²) in [6.07, 6.45) is 4.65. The highest BCUT2D eigenvalue weighted by molar-refractivity contribution is 5.81. The van der Waals surface area contributed by atoms with Crippen LogP contribution in [0, 0.1) is 0 Å². The Kier molecular flexibility index (Phi) is 5.97. The van der Waals surface area contributed by atoms with E-state index in [4.69, 9.17) is 0 Å². The van der Waals surface area contributed by atoms with Gasteiger partial charge in [-0.2, -0.15) is 0 Å². The summed E-state index contributed by atoms with van der Waals surface area (Å²) >= 11 is 0. The quantitative estimate of drug-likeness (QED) is 0.769. The van der Waals surface area contributed by atoms with Gasteiger partial charge >= 0.3 is 0 Å². The Hall–Kier alpha value is -1.78. The monoisotopic (exact) mass is 250 g/mol. The number of carbonyl (C=O) groups is 1. The zero-order chi connectivity index (χ0) is 13.4. The highest BCUT2D eigenvalue weighted by Crippen LogP contribution is 2.17. The molecule has 0 saturated carbocycles. The van der Waals surface area contributed by atoms with Crippen LogP contribution in [-0.2, 0) is 4.79 Å². The molecule has 0 bridgehead atoms. The van der Waals surface area contributed by atoms with Crippen LogP contribution >= 0.6 is 0 Å². The third kappa shape index (κ3) is 4.24. The van der Waals surface area contributed by atoms with Crippen molar-refractivity contribution < 1.29 is 4.79 Å². The molecule has 0 unspecified atom stereocenters. The molecule has 1 amide bonds. The zero-order valence-electron chi connectivity index (χ0n) is 11.4. The van der Waals surface area contributed by atoms with Crippen LogP contribution in [0.25, 0.3) is 0 Å². The molecule has 0 aliphatic rings. The SMILES string of the molecule is CCCNc1cncc(N(CC)CC(=O)NC)c1. The summed E-state index contributed by atoms with van der Waals surface area (Å²) in [5.41, 5.74) is 1.95. The van der Waals surface area contributed by atoms with Crippen LogP contribution in [0.4, 0.5) is 11.4 Å². The molecular weight excluding hydrogens is 228 g/mol. The molecule has 0 spiro atoms. The smallest absolute Gasteiger partial charge is 0.239 e. The molecule has 0 saturated heterocycles. The van der Waals surface area contributed by atoms with Crippen LogP contribution < -0.4 is 15.5 Å². The first-order chi connectivity index (χ1) is 8.71. The third-order valence-corrected chi connectivity index (χ3v) is 2.66. The molecule has 5 nitrogen and oxygen atoms in total. The number of aromatic nitrogens is 1. The van der Waals surface area contributed by atoms with Crippen LogP contribution in [0.1, 0.15) is 20.3 Å². The van der Waals surface area contributed by atoms with Crippen molar-refractivity contribution in [3.05, 3.63) is 18.5 Å². The largest absolute Gasteiger partial charge is 0.384 e. The molecule has 0 atom stereocenters. The maximum atomic E-state index is 11.4. The van der Waals surface area contributed by atoms with Gasteiger partial charge in [-0.15, -0.1) is 0 Å². The lowest BCUT2D eigenvalue weighted by molar-refractivity contribution is -0.119. The highest BCUT2D eigenvalue weighted by atomic mass is 16.1. The van der Waals surface area contributed by atoms with Crippen LogP contribution in [0.3, 0.4) is 0 Å². The highest BCUT2D eigenvalue weighted by Gasteiger charge is 2.09. The third-order valence-electron chi connectivity index (χ3n) is 2.66. The number of rotatable bonds is 7. The second kappa shape index (κ2) is 7.53. The first-order valence-corrected chi connectivity index (χ1v) is 6.35. The lowest BCUT2D eigenvalue weighted by atomic mass is 10.3. The van der Waals surface area contributed by atoms with Crippen molar-refractivity contribution in [1.29, 1.82) is 0 Å². The number of anilines is 2. The van der Waals surface area contributed by atoms with Gasteiger partial charge in [0.1, 0.15) is 0 Å². The van der Waals surface area contributed by atoms with E-state index in [1.807, 2.05) is 17.9 Å². The summed E-state index contributed by atoms with van der Waals surface area (Å²) in [5.74, 6) is 0.00349. The fraction of sp³-hybridized carbons (Fsp3) is 0.538. The van der Waals surface area contributed by atoms with E-state index in [0.29, 0.717) is 6.54 Å². The van der Waals surface area contributed by atoms with Crippen molar-refractivity contribution in [2.24, 2.45) is 0 Å².